The van der Waals surface area contributed by atoms with Crippen LogP contribution in [-0.2, 0) is 0 Å². The predicted molar refractivity (Wildman–Crippen MR) is 282 cm³/mol. The molecule has 0 saturated carbocycles. The summed E-state index contributed by atoms with van der Waals surface area (Å²) >= 11 is 0. The summed E-state index contributed by atoms with van der Waals surface area (Å²) in [4.78, 5) is 15.6. The van der Waals surface area contributed by atoms with Crippen molar-refractivity contribution in [2.75, 3.05) is 0 Å². The van der Waals surface area contributed by atoms with Crippen LogP contribution in [0.2, 0.25) is 0 Å². The standard InChI is InChI=1S/C63H36N4O/c1-3-12-40-32-45(26-22-37(40)10-1)62-64-61(65-63(66-62)46-27-23-38-11-2-4-13-41(38)33-46)44-14-7-15-47(34-44)67-54-19-8-17-50-51-31-28-39-24-25-42(35-53(39)58(51)52-18-9-20-55(67)60(52)59(50)54)43-29-30-49-48-16-5-6-21-56(48)68-57(49)36-43/h1-36H. The zero-order valence-corrected chi connectivity index (χ0v) is 36.5. The molecule has 0 atom stereocenters. The van der Waals surface area contributed by atoms with Crippen molar-refractivity contribution >= 4 is 97.6 Å². The Morgan fingerprint density at radius 3 is 1.51 bits per heavy atom. The fourth-order valence-corrected chi connectivity index (χ4v) is 10.9. The molecule has 0 spiro atoms. The van der Waals surface area contributed by atoms with E-state index in [9.17, 15) is 0 Å². The highest BCUT2D eigenvalue weighted by atomic mass is 16.3. The molecule has 0 bridgehead atoms. The van der Waals surface area contributed by atoms with Gasteiger partial charge in [0, 0.05) is 43.9 Å². The third kappa shape index (κ3) is 5.53. The molecule has 15 aromatic rings. The number of fused-ring (bicyclic) bond motifs is 10. The third-order valence-electron chi connectivity index (χ3n) is 14.1. The van der Waals surface area contributed by atoms with Crippen LogP contribution in [0.1, 0.15) is 0 Å². The Bertz CT molecular complexity index is 4480. The van der Waals surface area contributed by atoms with Crippen LogP contribution in [0.4, 0.5) is 0 Å². The Balaban J connectivity index is 0.914. The molecule has 0 unspecified atom stereocenters. The SMILES string of the molecule is c1cc(-c2nc(-c3ccc4ccccc4c3)nc(-c3ccc4ccccc4c3)n2)cc(-n2c3cccc4c5ccc6ccc(-c7ccc8c(c7)oc7ccccc78)cc6c5c5cccc2c5c43)c1. The van der Waals surface area contributed by atoms with Crippen LogP contribution in [0, 0.1) is 0 Å². The number of para-hydroxylation sites is 1. The molecule has 0 radical (unpaired) electrons. The first-order chi connectivity index (χ1) is 33.7. The largest absolute Gasteiger partial charge is 0.456 e. The minimum Gasteiger partial charge on any atom is -0.456 e. The van der Waals surface area contributed by atoms with Gasteiger partial charge in [-0.3, -0.25) is 0 Å². The summed E-state index contributed by atoms with van der Waals surface area (Å²) in [5.41, 5.74) is 10.2. The first-order valence-corrected chi connectivity index (χ1v) is 23.1. The number of rotatable bonds is 5. The van der Waals surface area contributed by atoms with Crippen molar-refractivity contribution in [3.8, 4) is 51.0 Å². The molecule has 0 amide bonds. The lowest BCUT2D eigenvalue weighted by Gasteiger charge is -2.13. The summed E-state index contributed by atoms with van der Waals surface area (Å²) in [7, 11) is 0. The maximum atomic E-state index is 6.33. The lowest BCUT2D eigenvalue weighted by Crippen LogP contribution is -2.01. The molecule has 0 N–H and O–H groups in total. The summed E-state index contributed by atoms with van der Waals surface area (Å²) in [6.07, 6.45) is 0. The highest BCUT2D eigenvalue weighted by Crippen LogP contribution is 2.46. The van der Waals surface area contributed by atoms with Crippen molar-refractivity contribution in [2.24, 2.45) is 0 Å². The highest BCUT2D eigenvalue weighted by molar-refractivity contribution is 6.38. The topological polar surface area (TPSA) is 56.7 Å². The van der Waals surface area contributed by atoms with Crippen LogP contribution in [0.5, 0.6) is 0 Å². The number of hydrogen-bond acceptors (Lipinski definition) is 4. The Morgan fingerprint density at radius 1 is 0.279 bits per heavy atom. The van der Waals surface area contributed by atoms with E-state index < -0.39 is 0 Å². The molecule has 3 heterocycles. The molecule has 314 valence electrons. The molecule has 68 heavy (non-hydrogen) atoms. The van der Waals surface area contributed by atoms with Crippen LogP contribution >= 0.6 is 0 Å². The average molecular weight is 865 g/mol. The van der Waals surface area contributed by atoms with Gasteiger partial charge in [0.15, 0.2) is 17.5 Å². The van der Waals surface area contributed by atoms with Crippen molar-refractivity contribution in [1.82, 2.24) is 19.5 Å². The lowest BCUT2D eigenvalue weighted by molar-refractivity contribution is 0.669. The Hall–Kier alpha value is -9.19. The number of nitrogens with zero attached hydrogens (tertiary/aromatic N) is 4. The monoisotopic (exact) mass is 864 g/mol. The fraction of sp³-hybridized carbons (Fsp3) is 0. The molecule has 0 aliphatic carbocycles. The van der Waals surface area contributed by atoms with Gasteiger partial charge in [-0.1, -0.05) is 158 Å². The Kier molecular flexibility index (Phi) is 7.72. The average Bonchev–Trinajstić information content (AvgIpc) is 3.96. The quantitative estimate of drug-likeness (QED) is 0.162. The van der Waals surface area contributed by atoms with Gasteiger partial charge in [-0.25, -0.2) is 15.0 Å². The van der Waals surface area contributed by atoms with Gasteiger partial charge in [-0.15, -0.1) is 0 Å². The molecule has 12 aromatic carbocycles. The summed E-state index contributed by atoms with van der Waals surface area (Å²) < 4.78 is 8.75. The van der Waals surface area contributed by atoms with Gasteiger partial charge in [0.1, 0.15) is 11.2 Å². The number of aromatic nitrogens is 4. The summed E-state index contributed by atoms with van der Waals surface area (Å²) in [5.74, 6) is 1.89. The van der Waals surface area contributed by atoms with Crippen molar-refractivity contribution in [3.63, 3.8) is 0 Å². The van der Waals surface area contributed by atoms with Crippen LogP contribution in [-0.4, -0.2) is 19.5 Å². The van der Waals surface area contributed by atoms with E-state index in [0.717, 1.165) is 77.2 Å². The van der Waals surface area contributed by atoms with Gasteiger partial charge in [-0.2, -0.15) is 0 Å². The molecule has 0 saturated heterocycles. The predicted octanol–water partition coefficient (Wildman–Crippen LogP) is 16.7. The molecule has 0 aliphatic heterocycles. The van der Waals surface area contributed by atoms with Gasteiger partial charge in [0.25, 0.3) is 0 Å². The highest BCUT2D eigenvalue weighted by Gasteiger charge is 2.22. The molecule has 3 aromatic heterocycles. The maximum absolute atomic E-state index is 6.33. The van der Waals surface area contributed by atoms with E-state index in [1.165, 1.54) is 53.9 Å². The number of hydrogen-bond donors (Lipinski definition) is 0. The van der Waals surface area contributed by atoms with Crippen molar-refractivity contribution in [1.29, 1.82) is 0 Å². The van der Waals surface area contributed by atoms with E-state index in [1.54, 1.807) is 0 Å². The third-order valence-corrected chi connectivity index (χ3v) is 14.1. The minimum atomic E-state index is 0.619. The molecular formula is C63H36N4O. The van der Waals surface area contributed by atoms with Gasteiger partial charge in [-0.05, 0) is 126 Å². The van der Waals surface area contributed by atoms with Crippen molar-refractivity contribution in [3.05, 3.63) is 218 Å². The second kappa shape index (κ2) is 14.2. The number of furan rings is 1. The van der Waals surface area contributed by atoms with Crippen molar-refractivity contribution < 1.29 is 4.42 Å². The van der Waals surface area contributed by atoms with E-state index in [-0.39, 0.29) is 0 Å². The maximum Gasteiger partial charge on any atom is 0.164 e. The van der Waals surface area contributed by atoms with Crippen LogP contribution in [0.25, 0.3) is 149 Å². The summed E-state index contributed by atoms with van der Waals surface area (Å²) in [6, 6.07) is 78.2. The fourth-order valence-electron chi connectivity index (χ4n) is 10.9. The van der Waals surface area contributed by atoms with Gasteiger partial charge in [0.05, 0.1) is 11.0 Å². The van der Waals surface area contributed by atoms with E-state index in [0.29, 0.717) is 17.5 Å². The lowest BCUT2D eigenvalue weighted by atomic mass is 9.90. The summed E-state index contributed by atoms with van der Waals surface area (Å²) in [6.45, 7) is 0. The molecule has 5 heteroatoms. The second-order valence-electron chi connectivity index (χ2n) is 17.9. The first kappa shape index (κ1) is 37.1. The van der Waals surface area contributed by atoms with Gasteiger partial charge in [0.2, 0.25) is 0 Å². The zero-order chi connectivity index (χ0) is 44.5. The van der Waals surface area contributed by atoms with E-state index >= 15 is 0 Å². The zero-order valence-electron chi connectivity index (χ0n) is 36.5. The molecule has 0 aliphatic rings. The first-order valence-electron chi connectivity index (χ1n) is 23.1. The molecular weight excluding hydrogens is 829 g/mol. The normalized spacial score (nSPS) is 12.1. The van der Waals surface area contributed by atoms with Crippen LogP contribution in [0.3, 0.4) is 0 Å². The Morgan fingerprint density at radius 2 is 0.779 bits per heavy atom. The molecule has 15 rings (SSSR count). The van der Waals surface area contributed by atoms with Crippen LogP contribution in [0.15, 0.2) is 223 Å². The molecule has 5 nitrogen and oxygen atoms in total. The second-order valence-corrected chi connectivity index (χ2v) is 17.9. The van der Waals surface area contributed by atoms with Gasteiger partial charge < -0.3 is 8.98 Å². The van der Waals surface area contributed by atoms with Crippen LogP contribution < -0.4 is 0 Å². The molecule has 0 fully saturated rings. The Labute approximate surface area is 389 Å². The van der Waals surface area contributed by atoms with Gasteiger partial charge >= 0.3 is 0 Å². The summed E-state index contributed by atoms with van der Waals surface area (Å²) in [5, 5.41) is 16.8. The van der Waals surface area contributed by atoms with E-state index in [1.807, 2.05) is 12.1 Å². The van der Waals surface area contributed by atoms with E-state index in [2.05, 4.69) is 211 Å². The number of benzene rings is 12. The van der Waals surface area contributed by atoms with Crippen molar-refractivity contribution in [2.45, 2.75) is 0 Å². The minimum absolute atomic E-state index is 0.619. The smallest absolute Gasteiger partial charge is 0.164 e. The van der Waals surface area contributed by atoms with E-state index in [4.69, 9.17) is 19.4 Å².